The van der Waals surface area contributed by atoms with Gasteiger partial charge in [0, 0.05) is 46.5 Å². The predicted octanol–water partition coefficient (Wildman–Crippen LogP) is 6.88. The fourth-order valence-electron chi connectivity index (χ4n) is 4.89. The zero-order valence-corrected chi connectivity index (χ0v) is 15.8. The van der Waals surface area contributed by atoms with Crippen LogP contribution in [0.2, 0.25) is 0 Å². The third-order valence-electron chi connectivity index (χ3n) is 6.17. The van der Waals surface area contributed by atoms with Gasteiger partial charge in [-0.3, -0.25) is 0 Å². The van der Waals surface area contributed by atoms with Crippen molar-refractivity contribution in [1.82, 2.24) is 9.55 Å². The summed E-state index contributed by atoms with van der Waals surface area (Å²) in [5.74, 6) is 0.957. The first-order chi connectivity index (χ1) is 14.3. The molecule has 0 saturated heterocycles. The van der Waals surface area contributed by atoms with E-state index in [4.69, 9.17) is 4.42 Å². The number of aromatic nitrogens is 2. The molecule has 5 aromatic carbocycles. The molecule has 0 bridgehead atoms. The van der Waals surface area contributed by atoms with Crippen molar-refractivity contribution >= 4 is 54.3 Å². The topological polar surface area (TPSA) is 31.0 Å². The van der Waals surface area contributed by atoms with Gasteiger partial charge < -0.3 is 8.98 Å². The average Bonchev–Trinajstić information content (AvgIpc) is 3.36. The van der Waals surface area contributed by atoms with Crippen LogP contribution >= 0.6 is 0 Å². The van der Waals surface area contributed by atoms with E-state index in [-0.39, 0.29) is 0 Å². The highest BCUT2D eigenvalue weighted by Crippen LogP contribution is 2.44. The van der Waals surface area contributed by atoms with Gasteiger partial charge in [0.05, 0.1) is 0 Å². The smallest absolute Gasteiger partial charge is 0.143 e. The van der Waals surface area contributed by atoms with Crippen LogP contribution in [0.15, 0.2) is 83.5 Å². The van der Waals surface area contributed by atoms with Gasteiger partial charge in [0.1, 0.15) is 17.0 Å². The molecule has 0 saturated carbocycles. The molecule has 0 aliphatic rings. The number of aryl methyl sites for hydroxylation is 1. The van der Waals surface area contributed by atoms with E-state index in [0.717, 1.165) is 27.9 Å². The van der Waals surface area contributed by atoms with E-state index >= 15 is 0 Å². The van der Waals surface area contributed by atoms with E-state index in [1.165, 1.54) is 37.7 Å². The van der Waals surface area contributed by atoms with Crippen LogP contribution in [-0.4, -0.2) is 9.55 Å². The zero-order chi connectivity index (χ0) is 19.1. The number of fused-ring (bicyclic) bond motifs is 5. The quantitative estimate of drug-likeness (QED) is 0.294. The van der Waals surface area contributed by atoms with Gasteiger partial charge in [-0.25, -0.2) is 4.98 Å². The summed E-state index contributed by atoms with van der Waals surface area (Å²) in [6.07, 6.45) is 3.81. The van der Waals surface area contributed by atoms with Gasteiger partial charge in [-0.2, -0.15) is 0 Å². The Kier molecular flexibility index (Phi) is 2.68. The van der Waals surface area contributed by atoms with Crippen molar-refractivity contribution in [3.63, 3.8) is 0 Å². The highest BCUT2D eigenvalue weighted by molar-refractivity contribution is 6.36. The number of hydrogen-bond acceptors (Lipinski definition) is 2. The van der Waals surface area contributed by atoms with Gasteiger partial charge in [-0.1, -0.05) is 48.5 Å². The van der Waals surface area contributed by atoms with Crippen LogP contribution in [0.1, 0.15) is 0 Å². The molecule has 0 spiro atoms. The first-order valence-corrected chi connectivity index (χ1v) is 9.79. The lowest BCUT2D eigenvalue weighted by molar-refractivity contribution is 0.673. The molecule has 136 valence electrons. The molecule has 0 unspecified atom stereocenters. The van der Waals surface area contributed by atoms with E-state index in [1.807, 2.05) is 24.0 Å². The summed E-state index contributed by atoms with van der Waals surface area (Å²) in [5, 5.41) is 9.88. The molecule has 2 heterocycles. The number of rotatable bonds is 1. The Hall–Kier alpha value is -3.85. The van der Waals surface area contributed by atoms with Crippen molar-refractivity contribution in [2.45, 2.75) is 0 Å². The van der Waals surface area contributed by atoms with Gasteiger partial charge in [-0.15, -0.1) is 0 Å². The van der Waals surface area contributed by atoms with Crippen molar-refractivity contribution in [2.75, 3.05) is 0 Å². The Balaban J connectivity index is 1.75. The summed E-state index contributed by atoms with van der Waals surface area (Å²) < 4.78 is 8.49. The molecule has 29 heavy (non-hydrogen) atoms. The molecular formula is C26H16N2O. The van der Waals surface area contributed by atoms with Crippen LogP contribution < -0.4 is 0 Å². The monoisotopic (exact) mass is 372 g/mol. The molecule has 0 aliphatic heterocycles. The van der Waals surface area contributed by atoms with Crippen LogP contribution in [0.3, 0.4) is 0 Å². The maximum atomic E-state index is 6.44. The third-order valence-corrected chi connectivity index (χ3v) is 6.17. The Morgan fingerprint density at radius 3 is 2.28 bits per heavy atom. The number of nitrogens with zero attached hydrogens (tertiary/aromatic N) is 2. The number of furan rings is 1. The van der Waals surface area contributed by atoms with Crippen molar-refractivity contribution < 1.29 is 4.42 Å². The van der Waals surface area contributed by atoms with E-state index in [9.17, 15) is 0 Å². The molecular weight excluding hydrogens is 356 g/mol. The fraction of sp³-hybridized carbons (Fsp3) is 0.0385. The van der Waals surface area contributed by atoms with E-state index in [0.29, 0.717) is 0 Å². The van der Waals surface area contributed by atoms with Gasteiger partial charge in [0.25, 0.3) is 0 Å². The second-order valence-electron chi connectivity index (χ2n) is 7.75. The number of imidazole rings is 1. The molecule has 0 amide bonds. The summed E-state index contributed by atoms with van der Waals surface area (Å²) in [6.45, 7) is 0. The second kappa shape index (κ2) is 5.15. The maximum Gasteiger partial charge on any atom is 0.143 e. The van der Waals surface area contributed by atoms with Gasteiger partial charge in [0.15, 0.2) is 0 Å². The van der Waals surface area contributed by atoms with E-state index in [2.05, 4.69) is 71.7 Å². The summed E-state index contributed by atoms with van der Waals surface area (Å²) in [6, 6.07) is 23.8. The largest absolute Gasteiger partial charge is 0.455 e. The van der Waals surface area contributed by atoms with Gasteiger partial charge in [-0.05, 0) is 39.7 Å². The molecule has 3 nitrogen and oxygen atoms in total. The molecule has 0 atom stereocenters. The van der Waals surface area contributed by atoms with Gasteiger partial charge in [0.2, 0.25) is 0 Å². The molecule has 7 rings (SSSR count). The molecule has 3 heteroatoms. The lowest BCUT2D eigenvalue weighted by atomic mass is 9.91. The molecule has 7 aromatic rings. The Morgan fingerprint density at radius 1 is 0.759 bits per heavy atom. The van der Waals surface area contributed by atoms with Crippen LogP contribution in [0, 0.1) is 0 Å². The third kappa shape index (κ3) is 1.84. The fourth-order valence-corrected chi connectivity index (χ4v) is 4.89. The van der Waals surface area contributed by atoms with Crippen molar-refractivity contribution in [3.8, 4) is 11.4 Å². The first-order valence-electron chi connectivity index (χ1n) is 9.79. The predicted molar refractivity (Wildman–Crippen MR) is 120 cm³/mol. The highest BCUT2D eigenvalue weighted by atomic mass is 16.3. The minimum absolute atomic E-state index is 0.912. The van der Waals surface area contributed by atoms with Gasteiger partial charge >= 0.3 is 0 Å². The van der Waals surface area contributed by atoms with Crippen LogP contribution in [0.4, 0.5) is 0 Å². The molecule has 0 fully saturated rings. The van der Waals surface area contributed by atoms with E-state index in [1.54, 1.807) is 0 Å². The van der Waals surface area contributed by atoms with Crippen LogP contribution in [-0.2, 0) is 7.05 Å². The standard InChI is InChI=1S/C26H16N2O/c1-28-13-12-27-26(28)17-10-11-21-20(14-17)24-18-6-2-4-15-8-9-16-5-3-7-19(25(24)29-21)23(16)22(15)18/h2-14H,1H3. The summed E-state index contributed by atoms with van der Waals surface area (Å²) in [5.41, 5.74) is 2.97. The second-order valence-corrected chi connectivity index (χ2v) is 7.75. The Morgan fingerprint density at radius 2 is 1.52 bits per heavy atom. The SMILES string of the molecule is Cn1ccnc1-c1ccc2oc3c4cccc5ccc6cccc(c3c2c1)c6c54. The minimum atomic E-state index is 0.912. The lowest BCUT2D eigenvalue weighted by Crippen LogP contribution is -1.90. The molecule has 2 aromatic heterocycles. The summed E-state index contributed by atoms with van der Waals surface area (Å²) in [7, 11) is 2.02. The first kappa shape index (κ1) is 15.1. The molecule has 0 aliphatic carbocycles. The molecule has 0 radical (unpaired) electrons. The normalized spacial score (nSPS) is 12.3. The summed E-state index contributed by atoms with van der Waals surface area (Å²) in [4.78, 5) is 4.53. The number of hydrogen-bond donors (Lipinski definition) is 0. The van der Waals surface area contributed by atoms with E-state index < -0.39 is 0 Å². The van der Waals surface area contributed by atoms with Crippen LogP contribution in [0.5, 0.6) is 0 Å². The minimum Gasteiger partial charge on any atom is -0.455 e. The Bertz CT molecular complexity index is 1720. The van der Waals surface area contributed by atoms with Crippen molar-refractivity contribution in [1.29, 1.82) is 0 Å². The maximum absolute atomic E-state index is 6.44. The van der Waals surface area contributed by atoms with Crippen LogP contribution in [0.25, 0.3) is 65.6 Å². The average molecular weight is 372 g/mol. The zero-order valence-electron chi connectivity index (χ0n) is 15.8. The molecule has 0 N–H and O–H groups in total. The van der Waals surface area contributed by atoms with Crippen molar-refractivity contribution in [3.05, 3.63) is 79.1 Å². The van der Waals surface area contributed by atoms with Crippen molar-refractivity contribution in [2.24, 2.45) is 7.05 Å². The number of benzene rings is 5. The Labute approximate surface area is 166 Å². The highest BCUT2D eigenvalue weighted by Gasteiger charge is 2.19. The summed E-state index contributed by atoms with van der Waals surface area (Å²) >= 11 is 0. The lowest BCUT2D eigenvalue weighted by Gasteiger charge is -2.11.